The van der Waals surface area contributed by atoms with Crippen molar-refractivity contribution in [2.24, 2.45) is 0 Å². The Bertz CT molecular complexity index is 960. The molecule has 3 nitrogen and oxygen atoms in total. The number of rotatable bonds is 7. The molecule has 3 aromatic rings. The van der Waals surface area contributed by atoms with E-state index in [1.807, 2.05) is 86.6 Å². The lowest BCUT2D eigenvalue weighted by Crippen LogP contribution is -2.09. The van der Waals surface area contributed by atoms with Gasteiger partial charge < -0.3 is 9.47 Å². The van der Waals surface area contributed by atoms with Crippen LogP contribution in [0.25, 0.3) is 5.57 Å². The van der Waals surface area contributed by atoms with Gasteiger partial charge in [0.05, 0.1) is 5.56 Å². The van der Waals surface area contributed by atoms with Crippen molar-refractivity contribution in [2.75, 3.05) is 0 Å². The van der Waals surface area contributed by atoms with Gasteiger partial charge in [0.15, 0.2) is 0 Å². The Morgan fingerprint density at radius 3 is 2.00 bits per heavy atom. The average molecular weight is 372 g/mol. The maximum atomic E-state index is 12.6. The van der Waals surface area contributed by atoms with E-state index in [9.17, 15) is 4.79 Å². The summed E-state index contributed by atoms with van der Waals surface area (Å²) < 4.78 is 11.5. The minimum atomic E-state index is -0.349. The van der Waals surface area contributed by atoms with E-state index < -0.39 is 0 Å². The van der Waals surface area contributed by atoms with E-state index in [1.54, 1.807) is 0 Å². The number of carbonyl (C=O) groups is 1. The highest BCUT2D eigenvalue weighted by atomic mass is 16.5. The highest BCUT2D eigenvalue weighted by Gasteiger charge is 2.16. The highest BCUT2D eigenvalue weighted by molar-refractivity contribution is 5.92. The molecule has 0 atom stereocenters. The number of allylic oxidation sites excluding steroid dienone is 1. The van der Waals surface area contributed by atoms with Crippen LogP contribution in [-0.4, -0.2) is 5.97 Å². The van der Waals surface area contributed by atoms with Crippen LogP contribution in [-0.2, 0) is 18.0 Å². The molecule has 3 heteroatoms. The van der Waals surface area contributed by atoms with E-state index in [4.69, 9.17) is 9.47 Å². The van der Waals surface area contributed by atoms with Gasteiger partial charge in [-0.3, -0.25) is 0 Å². The van der Waals surface area contributed by atoms with Gasteiger partial charge in [0.2, 0.25) is 0 Å². The lowest BCUT2D eigenvalue weighted by atomic mass is 10.00. The number of carbonyl (C=O) groups excluding carboxylic acids is 1. The van der Waals surface area contributed by atoms with Gasteiger partial charge in [0.1, 0.15) is 19.0 Å². The molecule has 0 amide bonds. The maximum absolute atomic E-state index is 12.6. The fraction of sp³-hybridized carbons (Fsp3) is 0.160. The quantitative estimate of drug-likeness (QED) is 0.480. The molecule has 0 spiro atoms. The fourth-order valence-corrected chi connectivity index (χ4v) is 2.89. The smallest absolute Gasteiger partial charge is 0.338 e. The summed E-state index contributed by atoms with van der Waals surface area (Å²) in [6.07, 6.45) is 0. The summed E-state index contributed by atoms with van der Waals surface area (Å²) in [5.74, 6) is 0.368. The van der Waals surface area contributed by atoms with E-state index in [0.29, 0.717) is 17.9 Å². The van der Waals surface area contributed by atoms with Gasteiger partial charge in [-0.2, -0.15) is 0 Å². The summed E-state index contributed by atoms with van der Waals surface area (Å²) in [5, 5.41) is 0. The van der Waals surface area contributed by atoms with Gasteiger partial charge in [-0.25, -0.2) is 4.79 Å². The molecule has 0 aromatic heterocycles. The summed E-state index contributed by atoms with van der Waals surface area (Å²) in [5.41, 5.74) is 5.02. The van der Waals surface area contributed by atoms with Gasteiger partial charge in [-0.05, 0) is 48.2 Å². The van der Waals surface area contributed by atoms with Crippen LogP contribution in [0.5, 0.6) is 5.75 Å². The molecular formula is C25H24O3. The first kappa shape index (κ1) is 19.4. The molecule has 28 heavy (non-hydrogen) atoms. The van der Waals surface area contributed by atoms with Gasteiger partial charge in [0.25, 0.3) is 0 Å². The van der Waals surface area contributed by atoms with E-state index in [0.717, 1.165) is 27.8 Å². The monoisotopic (exact) mass is 372 g/mol. The zero-order chi connectivity index (χ0) is 19.9. The highest BCUT2D eigenvalue weighted by Crippen LogP contribution is 2.30. The number of hydrogen-bond donors (Lipinski definition) is 0. The summed E-state index contributed by atoms with van der Waals surface area (Å²) in [7, 11) is 0. The van der Waals surface area contributed by atoms with Crippen molar-refractivity contribution in [3.8, 4) is 5.75 Å². The molecule has 0 fully saturated rings. The molecule has 3 aromatic carbocycles. The van der Waals surface area contributed by atoms with Crippen molar-refractivity contribution in [1.82, 2.24) is 0 Å². The zero-order valence-electron chi connectivity index (χ0n) is 16.3. The molecule has 3 rings (SSSR count). The molecule has 0 aliphatic carbocycles. The molecule has 0 saturated heterocycles. The van der Waals surface area contributed by atoms with Crippen LogP contribution in [0.2, 0.25) is 0 Å². The summed E-state index contributed by atoms with van der Waals surface area (Å²) in [4.78, 5) is 12.6. The molecule has 0 bridgehead atoms. The molecule has 0 radical (unpaired) electrons. The first-order valence-corrected chi connectivity index (χ1v) is 9.23. The first-order chi connectivity index (χ1) is 13.5. The first-order valence-electron chi connectivity index (χ1n) is 9.23. The molecule has 0 heterocycles. The Morgan fingerprint density at radius 2 is 1.43 bits per heavy atom. The van der Waals surface area contributed by atoms with Crippen LogP contribution in [0, 0.1) is 6.92 Å². The minimum Gasteiger partial charge on any atom is -0.488 e. The fourth-order valence-electron chi connectivity index (χ4n) is 2.89. The number of hydrogen-bond acceptors (Lipinski definition) is 3. The van der Waals surface area contributed by atoms with Gasteiger partial charge >= 0.3 is 5.97 Å². The van der Waals surface area contributed by atoms with Crippen LogP contribution in [0.4, 0.5) is 0 Å². The summed E-state index contributed by atoms with van der Waals surface area (Å²) >= 11 is 0. The number of ether oxygens (including phenoxy) is 2. The van der Waals surface area contributed by atoms with Crippen LogP contribution >= 0.6 is 0 Å². The lowest BCUT2D eigenvalue weighted by molar-refractivity contribution is 0.0472. The van der Waals surface area contributed by atoms with Crippen LogP contribution in [0.1, 0.15) is 39.5 Å². The third-order valence-corrected chi connectivity index (χ3v) is 4.46. The van der Waals surface area contributed by atoms with Crippen LogP contribution < -0.4 is 4.74 Å². The Hall–Kier alpha value is -3.33. The normalized spacial score (nSPS) is 10.4. The molecule has 0 aliphatic heterocycles. The SMILES string of the molecule is C=C(C)c1cc(C(=O)OCc2ccccc2)c(C)cc1OCc1ccccc1. The largest absolute Gasteiger partial charge is 0.488 e. The van der Waals surface area contributed by atoms with Gasteiger partial charge in [0, 0.05) is 5.56 Å². The third-order valence-electron chi connectivity index (χ3n) is 4.46. The van der Waals surface area contributed by atoms with E-state index >= 15 is 0 Å². The van der Waals surface area contributed by atoms with Crippen LogP contribution in [0.15, 0.2) is 79.4 Å². The standard InChI is InChI=1S/C25H24O3/c1-18(2)22-15-23(25(26)28-17-21-12-8-5-9-13-21)19(3)14-24(22)27-16-20-10-6-4-7-11-20/h4-15H,1,16-17H2,2-3H3. The second kappa shape index (κ2) is 9.05. The van der Waals surface area contributed by atoms with E-state index in [1.165, 1.54) is 0 Å². The van der Waals surface area contributed by atoms with Crippen molar-refractivity contribution in [3.05, 3.63) is 107 Å². The zero-order valence-corrected chi connectivity index (χ0v) is 16.3. The second-order valence-electron chi connectivity index (χ2n) is 6.78. The Labute approximate surface area is 166 Å². The Morgan fingerprint density at radius 1 is 0.857 bits per heavy atom. The number of benzene rings is 3. The molecular weight excluding hydrogens is 348 g/mol. The topological polar surface area (TPSA) is 35.5 Å². The van der Waals surface area contributed by atoms with Crippen molar-refractivity contribution >= 4 is 11.5 Å². The maximum Gasteiger partial charge on any atom is 0.338 e. The van der Waals surface area contributed by atoms with Crippen LogP contribution in [0.3, 0.4) is 0 Å². The van der Waals surface area contributed by atoms with E-state index in [-0.39, 0.29) is 12.6 Å². The molecule has 0 N–H and O–H groups in total. The second-order valence-corrected chi connectivity index (χ2v) is 6.78. The Kier molecular flexibility index (Phi) is 6.28. The van der Waals surface area contributed by atoms with Crippen molar-refractivity contribution in [1.29, 1.82) is 0 Å². The number of esters is 1. The summed E-state index contributed by atoms with van der Waals surface area (Å²) in [6, 6.07) is 23.3. The Balaban J connectivity index is 1.78. The van der Waals surface area contributed by atoms with Gasteiger partial charge in [-0.1, -0.05) is 67.2 Å². The third kappa shape index (κ3) is 4.89. The van der Waals surface area contributed by atoms with Crippen molar-refractivity contribution in [2.45, 2.75) is 27.1 Å². The van der Waals surface area contributed by atoms with Crippen molar-refractivity contribution in [3.63, 3.8) is 0 Å². The molecule has 142 valence electrons. The summed E-state index contributed by atoms with van der Waals surface area (Å²) in [6.45, 7) is 8.52. The molecule has 0 aliphatic rings. The van der Waals surface area contributed by atoms with Gasteiger partial charge in [-0.15, -0.1) is 0 Å². The van der Waals surface area contributed by atoms with Crippen molar-refractivity contribution < 1.29 is 14.3 Å². The average Bonchev–Trinajstić information content (AvgIpc) is 2.71. The number of aryl methyl sites for hydroxylation is 1. The predicted octanol–water partition coefficient (Wildman–Crippen LogP) is 5.96. The molecule has 0 unspecified atom stereocenters. The predicted molar refractivity (Wildman–Crippen MR) is 112 cm³/mol. The lowest BCUT2D eigenvalue weighted by Gasteiger charge is -2.15. The van der Waals surface area contributed by atoms with E-state index in [2.05, 4.69) is 6.58 Å². The minimum absolute atomic E-state index is 0.244. The molecule has 0 saturated carbocycles.